The molecular weight excluding hydrogens is 423 g/mol. The number of nitrogens with one attached hydrogen (secondary N) is 1. The topological polar surface area (TPSA) is 85.3 Å². The summed E-state index contributed by atoms with van der Waals surface area (Å²) in [6.45, 7) is 0. The van der Waals surface area contributed by atoms with Gasteiger partial charge in [0.2, 0.25) is 20.7 Å². The zero-order valence-corrected chi connectivity index (χ0v) is 16.4. The fourth-order valence-electron chi connectivity index (χ4n) is 2.46. The number of benzene rings is 2. The molecule has 9 heteroatoms. The molecule has 0 aliphatic carbocycles. The highest BCUT2D eigenvalue weighted by molar-refractivity contribution is 7.91. The quantitative estimate of drug-likeness (QED) is 0.425. The predicted molar refractivity (Wildman–Crippen MR) is 106 cm³/mol. The van der Waals surface area contributed by atoms with Gasteiger partial charge in [0.05, 0.1) is 11.2 Å². The molecule has 4 aromatic rings. The summed E-state index contributed by atoms with van der Waals surface area (Å²) >= 11 is 11.8. The molecule has 0 unspecified atom stereocenters. The average Bonchev–Trinajstić information content (AvgIpc) is 3.34. The SMILES string of the molecule is O=S(=O)(c1ccc(Cl)cc1)c1nc(-c2ccco2)oc1Nc1ccc(Cl)cc1. The Hall–Kier alpha value is -2.74. The normalized spacial score (nSPS) is 11.5. The number of anilines is 2. The van der Waals surface area contributed by atoms with E-state index in [1.54, 1.807) is 36.4 Å². The average molecular weight is 435 g/mol. The monoisotopic (exact) mass is 434 g/mol. The number of halogens is 2. The molecule has 142 valence electrons. The number of hydrogen-bond acceptors (Lipinski definition) is 6. The summed E-state index contributed by atoms with van der Waals surface area (Å²) in [7, 11) is -3.98. The Morgan fingerprint density at radius 1 is 0.893 bits per heavy atom. The lowest BCUT2D eigenvalue weighted by atomic mass is 10.3. The summed E-state index contributed by atoms with van der Waals surface area (Å²) in [5.41, 5.74) is 0.583. The van der Waals surface area contributed by atoms with Crippen molar-refractivity contribution in [2.45, 2.75) is 9.92 Å². The Kier molecular flexibility index (Phi) is 4.89. The van der Waals surface area contributed by atoms with Crippen molar-refractivity contribution in [2.24, 2.45) is 0 Å². The summed E-state index contributed by atoms with van der Waals surface area (Å²) in [5, 5.41) is 3.64. The molecule has 0 saturated carbocycles. The van der Waals surface area contributed by atoms with Gasteiger partial charge in [-0.05, 0) is 60.7 Å². The van der Waals surface area contributed by atoms with Crippen molar-refractivity contribution >= 4 is 44.6 Å². The van der Waals surface area contributed by atoms with Crippen molar-refractivity contribution in [3.63, 3.8) is 0 Å². The van der Waals surface area contributed by atoms with Crippen molar-refractivity contribution in [1.29, 1.82) is 0 Å². The highest BCUT2D eigenvalue weighted by Crippen LogP contribution is 2.34. The molecule has 0 atom stereocenters. The maximum Gasteiger partial charge on any atom is 0.266 e. The summed E-state index contributed by atoms with van der Waals surface area (Å²) in [4.78, 5) is 4.20. The Labute approximate surface area is 170 Å². The first-order valence-corrected chi connectivity index (χ1v) is 10.3. The lowest BCUT2D eigenvalue weighted by Gasteiger charge is -2.06. The van der Waals surface area contributed by atoms with E-state index in [1.807, 2.05) is 0 Å². The zero-order chi connectivity index (χ0) is 19.7. The number of rotatable bonds is 5. The fraction of sp³-hybridized carbons (Fsp3) is 0. The molecule has 2 aromatic carbocycles. The minimum atomic E-state index is -3.98. The summed E-state index contributed by atoms with van der Waals surface area (Å²) in [6, 6.07) is 15.8. The number of furan rings is 1. The van der Waals surface area contributed by atoms with Crippen LogP contribution in [0.3, 0.4) is 0 Å². The third-order valence-corrected chi connectivity index (χ3v) is 5.99. The summed E-state index contributed by atoms with van der Waals surface area (Å²) in [6.07, 6.45) is 1.44. The fourth-order valence-corrected chi connectivity index (χ4v) is 3.97. The molecule has 2 aromatic heterocycles. The van der Waals surface area contributed by atoms with Crippen LogP contribution >= 0.6 is 23.2 Å². The number of hydrogen-bond donors (Lipinski definition) is 1. The van der Waals surface area contributed by atoms with E-state index in [4.69, 9.17) is 32.0 Å². The van der Waals surface area contributed by atoms with Gasteiger partial charge in [-0.25, -0.2) is 8.42 Å². The van der Waals surface area contributed by atoms with Crippen LogP contribution in [0.5, 0.6) is 0 Å². The highest BCUT2D eigenvalue weighted by Gasteiger charge is 2.29. The zero-order valence-electron chi connectivity index (χ0n) is 14.1. The van der Waals surface area contributed by atoms with E-state index in [1.165, 1.54) is 30.5 Å². The first-order valence-electron chi connectivity index (χ1n) is 8.01. The molecule has 0 spiro atoms. The largest absolute Gasteiger partial charge is 0.459 e. The van der Waals surface area contributed by atoms with Crippen molar-refractivity contribution in [3.05, 3.63) is 77.0 Å². The second-order valence-corrected chi connectivity index (χ2v) is 8.46. The minimum Gasteiger partial charge on any atom is -0.459 e. The van der Waals surface area contributed by atoms with Crippen molar-refractivity contribution in [2.75, 3.05) is 5.32 Å². The van der Waals surface area contributed by atoms with Crippen LogP contribution in [0.4, 0.5) is 11.6 Å². The van der Waals surface area contributed by atoms with Crippen LogP contribution in [0.15, 0.2) is 85.7 Å². The second kappa shape index (κ2) is 7.35. The van der Waals surface area contributed by atoms with Gasteiger partial charge in [0.15, 0.2) is 5.76 Å². The van der Waals surface area contributed by atoms with Crippen LogP contribution in [0.1, 0.15) is 0 Å². The highest BCUT2D eigenvalue weighted by atomic mass is 35.5. The molecule has 0 saturated heterocycles. The Balaban J connectivity index is 1.82. The van der Waals surface area contributed by atoms with E-state index in [9.17, 15) is 8.42 Å². The molecule has 6 nitrogen and oxygen atoms in total. The third kappa shape index (κ3) is 3.64. The standard InChI is InChI=1S/C19H12Cl2N2O4S/c20-12-3-7-14(8-4-12)22-18-19(23-17(27-18)16-2-1-11-26-16)28(24,25)15-9-5-13(21)6-10-15/h1-11,22H. The maximum absolute atomic E-state index is 13.1. The number of sulfone groups is 1. The minimum absolute atomic E-state index is 0.0361. The molecule has 0 aliphatic heterocycles. The second-order valence-electron chi connectivity index (χ2n) is 5.72. The van der Waals surface area contributed by atoms with Gasteiger partial charge < -0.3 is 14.2 Å². The third-order valence-electron chi connectivity index (χ3n) is 3.81. The molecule has 0 bridgehead atoms. The van der Waals surface area contributed by atoms with Crippen LogP contribution in [0.2, 0.25) is 10.0 Å². The van der Waals surface area contributed by atoms with Gasteiger partial charge in [0.1, 0.15) is 0 Å². The van der Waals surface area contributed by atoms with Gasteiger partial charge in [-0.2, -0.15) is 4.98 Å². The van der Waals surface area contributed by atoms with E-state index in [0.29, 0.717) is 21.5 Å². The molecule has 1 N–H and O–H groups in total. The molecular formula is C19H12Cl2N2O4S. The molecule has 0 aliphatic rings. The van der Waals surface area contributed by atoms with Gasteiger partial charge in [-0.15, -0.1) is 0 Å². The molecule has 0 fully saturated rings. The van der Waals surface area contributed by atoms with Gasteiger partial charge in [-0.3, -0.25) is 0 Å². The summed E-state index contributed by atoms with van der Waals surface area (Å²) < 4.78 is 37.2. The van der Waals surface area contributed by atoms with Crippen LogP contribution in [-0.2, 0) is 9.84 Å². The van der Waals surface area contributed by atoms with Crippen LogP contribution < -0.4 is 5.32 Å². The number of nitrogens with zero attached hydrogens (tertiary/aromatic N) is 1. The lowest BCUT2D eigenvalue weighted by molar-refractivity contribution is 0.524. The van der Waals surface area contributed by atoms with Gasteiger partial charge in [-0.1, -0.05) is 23.2 Å². The van der Waals surface area contributed by atoms with Crippen molar-refractivity contribution in [1.82, 2.24) is 4.98 Å². The van der Waals surface area contributed by atoms with Crippen LogP contribution in [0.25, 0.3) is 11.7 Å². The first-order chi connectivity index (χ1) is 13.4. The van der Waals surface area contributed by atoms with Gasteiger partial charge >= 0.3 is 0 Å². The van der Waals surface area contributed by atoms with E-state index in [0.717, 1.165) is 0 Å². The number of oxazole rings is 1. The van der Waals surface area contributed by atoms with E-state index < -0.39 is 9.84 Å². The Morgan fingerprint density at radius 3 is 2.14 bits per heavy atom. The maximum atomic E-state index is 13.1. The summed E-state index contributed by atoms with van der Waals surface area (Å²) in [5.74, 6) is 0.300. The van der Waals surface area contributed by atoms with Crippen molar-refractivity contribution < 1.29 is 17.3 Å². The van der Waals surface area contributed by atoms with E-state index in [2.05, 4.69) is 10.3 Å². The number of aromatic nitrogens is 1. The molecule has 2 heterocycles. The van der Waals surface area contributed by atoms with Crippen LogP contribution in [0, 0.1) is 0 Å². The smallest absolute Gasteiger partial charge is 0.266 e. The van der Waals surface area contributed by atoms with E-state index in [-0.39, 0.29) is 21.7 Å². The Morgan fingerprint density at radius 2 is 1.54 bits per heavy atom. The molecule has 28 heavy (non-hydrogen) atoms. The van der Waals surface area contributed by atoms with Gasteiger partial charge in [0.25, 0.3) is 5.89 Å². The van der Waals surface area contributed by atoms with Gasteiger partial charge in [0, 0.05) is 15.7 Å². The first kappa shape index (κ1) is 18.6. The van der Waals surface area contributed by atoms with Crippen molar-refractivity contribution in [3.8, 4) is 11.7 Å². The molecule has 4 rings (SSSR count). The Bertz CT molecular complexity index is 1200. The molecule has 0 radical (unpaired) electrons. The molecule has 0 amide bonds. The predicted octanol–water partition coefficient (Wildman–Crippen LogP) is 5.82. The van der Waals surface area contributed by atoms with E-state index >= 15 is 0 Å². The van der Waals surface area contributed by atoms with Crippen LogP contribution in [-0.4, -0.2) is 13.4 Å². The lowest BCUT2D eigenvalue weighted by Crippen LogP contribution is -2.05.